The third-order valence-electron chi connectivity index (χ3n) is 2.97. The lowest BCUT2D eigenvalue weighted by atomic mass is 9.84. The Morgan fingerprint density at radius 2 is 2.05 bits per heavy atom. The van der Waals surface area contributed by atoms with Crippen molar-refractivity contribution in [1.29, 1.82) is 0 Å². The van der Waals surface area contributed by atoms with E-state index in [0.717, 1.165) is 0 Å². The number of aryl methyl sites for hydroxylation is 1. The number of alkyl carbamates (subject to hydrolysis) is 1. The van der Waals surface area contributed by atoms with Crippen LogP contribution in [-0.2, 0) is 11.8 Å². The van der Waals surface area contributed by atoms with E-state index in [1.54, 1.807) is 33.2 Å². The summed E-state index contributed by atoms with van der Waals surface area (Å²) in [5.41, 5.74) is -1.13. The number of hydrogen-bond donors (Lipinski definition) is 2. The number of imidazole rings is 1. The molecule has 0 bridgehead atoms. The van der Waals surface area contributed by atoms with E-state index in [2.05, 4.69) is 10.3 Å². The van der Waals surface area contributed by atoms with Crippen molar-refractivity contribution in [3.63, 3.8) is 0 Å². The van der Waals surface area contributed by atoms with Crippen molar-refractivity contribution in [3.05, 3.63) is 18.2 Å². The molecular formula is C14H25N3O3. The van der Waals surface area contributed by atoms with Crippen molar-refractivity contribution >= 4 is 6.09 Å². The number of aliphatic hydroxyl groups excluding tert-OH is 1. The van der Waals surface area contributed by atoms with E-state index in [9.17, 15) is 9.90 Å². The van der Waals surface area contributed by atoms with Gasteiger partial charge in [-0.2, -0.15) is 0 Å². The molecule has 2 N–H and O–H groups in total. The molecule has 0 fully saturated rings. The third kappa shape index (κ3) is 4.23. The van der Waals surface area contributed by atoms with Crippen molar-refractivity contribution in [3.8, 4) is 0 Å². The van der Waals surface area contributed by atoms with Gasteiger partial charge in [-0.25, -0.2) is 9.78 Å². The van der Waals surface area contributed by atoms with Crippen LogP contribution < -0.4 is 5.32 Å². The lowest BCUT2D eigenvalue weighted by molar-refractivity contribution is 0.0395. The molecule has 114 valence electrons. The summed E-state index contributed by atoms with van der Waals surface area (Å²) in [6.07, 6.45) is 2.94. The summed E-state index contributed by atoms with van der Waals surface area (Å²) in [5, 5.41) is 12.4. The smallest absolute Gasteiger partial charge is 0.408 e. The van der Waals surface area contributed by atoms with Crippen molar-refractivity contribution in [2.75, 3.05) is 6.61 Å². The zero-order valence-corrected chi connectivity index (χ0v) is 13.1. The molecule has 0 aliphatic rings. The Morgan fingerprint density at radius 1 is 1.45 bits per heavy atom. The summed E-state index contributed by atoms with van der Waals surface area (Å²) in [5.74, 6) is 0.676. The van der Waals surface area contributed by atoms with E-state index in [1.165, 1.54) is 0 Å². The van der Waals surface area contributed by atoms with Crippen LogP contribution >= 0.6 is 0 Å². The summed E-state index contributed by atoms with van der Waals surface area (Å²) in [7, 11) is 1.85. The van der Waals surface area contributed by atoms with Gasteiger partial charge in [-0.3, -0.25) is 0 Å². The highest BCUT2D eigenvalue weighted by atomic mass is 16.6. The van der Waals surface area contributed by atoms with Crippen LogP contribution in [0.4, 0.5) is 4.79 Å². The standard InChI is InChI=1S/C14H25N3O3/c1-13(2,3)20-12(19)16-10(14(4,5)9-18)11-15-7-8-17(11)6/h7-8,10,18H,9H2,1-6H3,(H,16,19). The van der Waals surface area contributed by atoms with Gasteiger partial charge >= 0.3 is 6.09 Å². The number of hydrogen-bond acceptors (Lipinski definition) is 4. The molecule has 1 unspecified atom stereocenters. The lowest BCUT2D eigenvalue weighted by Crippen LogP contribution is -2.43. The molecule has 6 heteroatoms. The summed E-state index contributed by atoms with van der Waals surface area (Å²) in [6, 6.07) is -0.442. The highest BCUT2D eigenvalue weighted by Gasteiger charge is 2.35. The maximum atomic E-state index is 12.0. The topological polar surface area (TPSA) is 76.4 Å². The second kappa shape index (κ2) is 5.83. The first-order chi connectivity index (χ1) is 9.07. The molecule has 0 saturated heterocycles. The second-order valence-corrected chi connectivity index (χ2v) is 6.62. The van der Waals surface area contributed by atoms with E-state index < -0.39 is 23.2 Å². The third-order valence-corrected chi connectivity index (χ3v) is 2.97. The predicted octanol–water partition coefficient (Wildman–Crippen LogP) is 2.00. The zero-order chi connectivity index (χ0) is 15.6. The predicted molar refractivity (Wildman–Crippen MR) is 76.2 cm³/mol. The minimum absolute atomic E-state index is 0.0830. The molecule has 0 radical (unpaired) electrons. The van der Waals surface area contributed by atoms with Gasteiger partial charge in [-0.05, 0) is 20.8 Å². The highest BCUT2D eigenvalue weighted by Crippen LogP contribution is 2.32. The Balaban J connectivity index is 2.97. The highest BCUT2D eigenvalue weighted by molar-refractivity contribution is 5.68. The van der Waals surface area contributed by atoms with Gasteiger partial charge in [-0.15, -0.1) is 0 Å². The number of aromatic nitrogens is 2. The first kappa shape index (κ1) is 16.5. The van der Waals surface area contributed by atoms with Gasteiger partial charge < -0.3 is 19.7 Å². The molecule has 0 aliphatic heterocycles. The fourth-order valence-electron chi connectivity index (χ4n) is 1.78. The average Bonchev–Trinajstić information content (AvgIpc) is 2.69. The van der Waals surface area contributed by atoms with E-state index in [0.29, 0.717) is 5.82 Å². The molecule has 1 aromatic rings. The van der Waals surface area contributed by atoms with Gasteiger partial charge in [0.2, 0.25) is 0 Å². The first-order valence-electron chi connectivity index (χ1n) is 6.64. The number of nitrogens with one attached hydrogen (secondary N) is 1. The minimum Gasteiger partial charge on any atom is -0.444 e. The summed E-state index contributed by atoms with van der Waals surface area (Å²) >= 11 is 0. The molecule has 0 spiro atoms. The Bertz CT molecular complexity index is 460. The molecule has 1 heterocycles. The maximum absolute atomic E-state index is 12.0. The molecule has 6 nitrogen and oxygen atoms in total. The monoisotopic (exact) mass is 283 g/mol. The van der Waals surface area contributed by atoms with Gasteiger partial charge in [0, 0.05) is 24.9 Å². The van der Waals surface area contributed by atoms with Gasteiger partial charge in [0.05, 0.1) is 12.6 Å². The number of amides is 1. The number of rotatable bonds is 4. The average molecular weight is 283 g/mol. The number of carbonyl (C=O) groups excluding carboxylic acids is 1. The van der Waals surface area contributed by atoms with Crippen LogP contribution in [0.15, 0.2) is 12.4 Å². The van der Waals surface area contributed by atoms with E-state index in [-0.39, 0.29) is 6.61 Å². The Labute approximate surface area is 120 Å². The molecule has 1 rings (SSSR count). The summed E-state index contributed by atoms with van der Waals surface area (Å²) in [6.45, 7) is 9.06. The maximum Gasteiger partial charge on any atom is 0.408 e. The fraction of sp³-hybridized carbons (Fsp3) is 0.714. The van der Waals surface area contributed by atoms with Crippen LogP contribution in [0, 0.1) is 5.41 Å². The van der Waals surface area contributed by atoms with Crippen molar-refractivity contribution in [1.82, 2.24) is 14.9 Å². The van der Waals surface area contributed by atoms with E-state index >= 15 is 0 Å². The number of nitrogens with zero attached hydrogens (tertiary/aromatic N) is 2. The molecule has 1 amide bonds. The fourth-order valence-corrected chi connectivity index (χ4v) is 1.78. The molecule has 0 aliphatic carbocycles. The van der Waals surface area contributed by atoms with E-state index in [4.69, 9.17) is 4.74 Å². The summed E-state index contributed by atoms with van der Waals surface area (Å²) < 4.78 is 7.10. The number of ether oxygens (including phenoxy) is 1. The molecule has 0 aromatic carbocycles. The van der Waals surface area contributed by atoms with Crippen LogP contribution in [0.25, 0.3) is 0 Å². The van der Waals surface area contributed by atoms with Crippen molar-refractivity contribution in [2.24, 2.45) is 12.5 Å². The van der Waals surface area contributed by atoms with Gasteiger partial charge in [0.15, 0.2) is 0 Å². The largest absolute Gasteiger partial charge is 0.444 e. The van der Waals surface area contributed by atoms with E-state index in [1.807, 2.05) is 25.5 Å². The van der Waals surface area contributed by atoms with Crippen molar-refractivity contribution in [2.45, 2.75) is 46.3 Å². The van der Waals surface area contributed by atoms with Gasteiger partial charge in [0.25, 0.3) is 0 Å². The molecule has 1 aromatic heterocycles. The molecule has 1 atom stereocenters. The van der Waals surface area contributed by atoms with Gasteiger partial charge in [0.1, 0.15) is 11.4 Å². The van der Waals surface area contributed by atoms with Crippen LogP contribution in [-0.4, -0.2) is 33.0 Å². The molecule has 0 saturated carbocycles. The molecular weight excluding hydrogens is 258 g/mol. The normalized spacial score (nSPS) is 13.9. The lowest BCUT2D eigenvalue weighted by Gasteiger charge is -2.33. The minimum atomic E-state index is -0.570. The Morgan fingerprint density at radius 3 is 2.45 bits per heavy atom. The zero-order valence-electron chi connectivity index (χ0n) is 13.1. The Hall–Kier alpha value is -1.56. The Kier molecular flexibility index (Phi) is 4.81. The van der Waals surface area contributed by atoms with Crippen LogP contribution in [0.3, 0.4) is 0 Å². The van der Waals surface area contributed by atoms with Crippen LogP contribution in [0.2, 0.25) is 0 Å². The first-order valence-corrected chi connectivity index (χ1v) is 6.64. The van der Waals surface area contributed by atoms with Gasteiger partial charge in [-0.1, -0.05) is 13.8 Å². The van der Waals surface area contributed by atoms with Crippen molar-refractivity contribution < 1.29 is 14.6 Å². The van der Waals surface area contributed by atoms with Crippen LogP contribution in [0.5, 0.6) is 0 Å². The second-order valence-electron chi connectivity index (χ2n) is 6.62. The molecule has 20 heavy (non-hydrogen) atoms. The van der Waals surface area contributed by atoms with Crippen LogP contribution in [0.1, 0.15) is 46.5 Å². The number of carbonyl (C=O) groups is 1. The number of aliphatic hydroxyl groups is 1. The summed E-state index contributed by atoms with van der Waals surface area (Å²) in [4.78, 5) is 16.2. The quantitative estimate of drug-likeness (QED) is 0.886. The SMILES string of the molecule is Cn1ccnc1C(NC(=O)OC(C)(C)C)C(C)(C)CO.